The number of halogens is 1. The number of benzene rings is 1. The van der Waals surface area contributed by atoms with E-state index in [-0.39, 0.29) is 5.75 Å². The largest absolute Gasteiger partial charge is 0.448 e. The molecular formula is C15H15FN4O. The molecule has 2 aromatic heterocycles. The van der Waals surface area contributed by atoms with Gasteiger partial charge in [0.25, 0.3) is 0 Å². The van der Waals surface area contributed by atoms with E-state index >= 15 is 0 Å². The van der Waals surface area contributed by atoms with E-state index in [4.69, 9.17) is 10.5 Å². The number of hydrogen-bond donors (Lipinski definition) is 1. The van der Waals surface area contributed by atoms with Crippen molar-refractivity contribution in [2.45, 2.75) is 13.8 Å². The van der Waals surface area contributed by atoms with Crippen molar-refractivity contribution in [1.82, 2.24) is 14.8 Å². The number of nitrogen functional groups attached to an aromatic ring is 1. The Morgan fingerprint density at radius 2 is 2.05 bits per heavy atom. The first-order chi connectivity index (χ1) is 9.99. The summed E-state index contributed by atoms with van der Waals surface area (Å²) in [6.45, 7) is 3.67. The van der Waals surface area contributed by atoms with Gasteiger partial charge in [0.05, 0.1) is 5.69 Å². The highest BCUT2D eigenvalue weighted by molar-refractivity contribution is 5.94. The number of aryl methyl sites for hydroxylation is 2. The topological polar surface area (TPSA) is 66.0 Å². The molecule has 108 valence electrons. The maximum atomic E-state index is 14.3. The summed E-state index contributed by atoms with van der Waals surface area (Å²) >= 11 is 0. The predicted molar refractivity (Wildman–Crippen MR) is 78.9 cm³/mol. The molecule has 21 heavy (non-hydrogen) atoms. The van der Waals surface area contributed by atoms with Crippen LogP contribution in [-0.2, 0) is 7.05 Å². The van der Waals surface area contributed by atoms with Gasteiger partial charge in [0.1, 0.15) is 11.2 Å². The van der Waals surface area contributed by atoms with Gasteiger partial charge in [-0.05, 0) is 26.0 Å². The lowest BCUT2D eigenvalue weighted by Gasteiger charge is -2.11. The zero-order valence-electron chi connectivity index (χ0n) is 12.0. The Morgan fingerprint density at radius 1 is 1.29 bits per heavy atom. The molecule has 0 fully saturated rings. The summed E-state index contributed by atoms with van der Waals surface area (Å²) in [6.07, 6.45) is 1.58. The highest BCUT2D eigenvalue weighted by Crippen LogP contribution is 2.36. The van der Waals surface area contributed by atoms with Gasteiger partial charge in [0.2, 0.25) is 0 Å². The van der Waals surface area contributed by atoms with Crippen LogP contribution in [0.25, 0.3) is 10.9 Å². The first kappa shape index (κ1) is 13.4. The molecule has 0 saturated heterocycles. The van der Waals surface area contributed by atoms with Crippen molar-refractivity contribution in [1.29, 1.82) is 0 Å². The van der Waals surface area contributed by atoms with Gasteiger partial charge >= 0.3 is 0 Å². The monoisotopic (exact) mass is 286 g/mol. The summed E-state index contributed by atoms with van der Waals surface area (Å²) in [5.74, 6) is 0.0634. The Morgan fingerprint density at radius 3 is 2.71 bits per heavy atom. The molecule has 1 aromatic carbocycles. The first-order valence-electron chi connectivity index (χ1n) is 6.49. The maximum Gasteiger partial charge on any atom is 0.189 e. The van der Waals surface area contributed by atoms with Gasteiger partial charge in [0.15, 0.2) is 17.3 Å². The number of nitrogens with two attached hydrogens (primary N) is 1. The number of hydrogen-bond acceptors (Lipinski definition) is 4. The van der Waals surface area contributed by atoms with Crippen LogP contribution in [-0.4, -0.2) is 14.8 Å². The van der Waals surface area contributed by atoms with Gasteiger partial charge in [0, 0.05) is 30.4 Å². The van der Waals surface area contributed by atoms with E-state index in [1.165, 1.54) is 6.07 Å². The van der Waals surface area contributed by atoms with Crippen molar-refractivity contribution in [2.24, 2.45) is 7.05 Å². The van der Waals surface area contributed by atoms with Crippen molar-refractivity contribution >= 4 is 16.6 Å². The molecule has 0 atom stereocenters. The summed E-state index contributed by atoms with van der Waals surface area (Å²) in [4.78, 5) is 4.19. The van der Waals surface area contributed by atoms with E-state index in [0.29, 0.717) is 28.0 Å². The van der Waals surface area contributed by atoms with E-state index in [0.717, 1.165) is 5.69 Å². The van der Waals surface area contributed by atoms with E-state index in [9.17, 15) is 4.39 Å². The number of pyridine rings is 1. The van der Waals surface area contributed by atoms with Crippen molar-refractivity contribution in [2.75, 3.05) is 5.73 Å². The molecule has 0 aliphatic heterocycles. The molecule has 6 heteroatoms. The minimum atomic E-state index is -0.540. The molecule has 0 saturated carbocycles. The number of ether oxygens (including phenoxy) is 1. The molecule has 0 aliphatic rings. The lowest BCUT2D eigenvalue weighted by Crippen LogP contribution is -1.98. The predicted octanol–water partition coefficient (Wildman–Crippen LogP) is 3.10. The van der Waals surface area contributed by atoms with Crippen molar-refractivity contribution in [3.05, 3.63) is 41.6 Å². The fourth-order valence-corrected chi connectivity index (χ4v) is 2.31. The molecule has 0 radical (unpaired) electrons. The van der Waals surface area contributed by atoms with Gasteiger partial charge in [-0.1, -0.05) is 0 Å². The Balaban J connectivity index is 2.21. The third-order valence-corrected chi connectivity index (χ3v) is 3.48. The van der Waals surface area contributed by atoms with Crippen molar-refractivity contribution < 1.29 is 9.13 Å². The summed E-state index contributed by atoms with van der Waals surface area (Å²) in [6, 6.07) is 4.79. The molecule has 3 rings (SSSR count). The first-order valence-corrected chi connectivity index (χ1v) is 6.49. The summed E-state index contributed by atoms with van der Waals surface area (Å²) in [7, 11) is 1.81. The zero-order chi connectivity index (χ0) is 15.1. The van der Waals surface area contributed by atoms with Crippen molar-refractivity contribution in [3.8, 4) is 11.5 Å². The second-order valence-electron chi connectivity index (χ2n) is 4.90. The molecule has 0 spiro atoms. The van der Waals surface area contributed by atoms with E-state index in [1.54, 1.807) is 23.0 Å². The van der Waals surface area contributed by atoms with E-state index in [1.807, 2.05) is 20.9 Å². The maximum absolute atomic E-state index is 14.3. The Labute approximate surface area is 121 Å². The quantitative estimate of drug-likeness (QED) is 0.735. The normalized spacial score (nSPS) is 11.0. The fraction of sp³-hybridized carbons (Fsp3) is 0.200. The van der Waals surface area contributed by atoms with Crippen molar-refractivity contribution in [3.63, 3.8) is 0 Å². The van der Waals surface area contributed by atoms with Gasteiger partial charge in [-0.25, -0.2) is 4.39 Å². The average molecular weight is 286 g/mol. The second-order valence-corrected chi connectivity index (χ2v) is 4.90. The summed E-state index contributed by atoms with van der Waals surface area (Å²) in [5, 5.41) is 4.92. The Bertz CT molecular complexity index is 841. The average Bonchev–Trinajstić information content (AvgIpc) is 2.69. The van der Waals surface area contributed by atoms with Gasteiger partial charge in [-0.15, -0.1) is 0 Å². The molecule has 0 unspecified atom stereocenters. The highest BCUT2D eigenvalue weighted by atomic mass is 19.1. The highest BCUT2D eigenvalue weighted by Gasteiger charge is 2.18. The molecular weight excluding hydrogens is 271 g/mol. The molecule has 5 nitrogen and oxygen atoms in total. The molecule has 0 aliphatic carbocycles. The minimum absolute atomic E-state index is 0.0685. The number of fused-ring (bicyclic) bond motifs is 1. The molecule has 3 aromatic rings. The van der Waals surface area contributed by atoms with Crippen LogP contribution in [0.2, 0.25) is 0 Å². The van der Waals surface area contributed by atoms with E-state index < -0.39 is 5.82 Å². The Kier molecular flexibility index (Phi) is 3.01. The van der Waals surface area contributed by atoms with Gasteiger partial charge in [-0.3, -0.25) is 9.67 Å². The third kappa shape index (κ3) is 2.08. The Hall–Kier alpha value is -2.63. The van der Waals surface area contributed by atoms with Crippen LogP contribution in [0.4, 0.5) is 10.1 Å². The zero-order valence-corrected chi connectivity index (χ0v) is 12.0. The minimum Gasteiger partial charge on any atom is -0.448 e. The standard InChI is InChI=1S/C15H15FN4O/c1-8-14(9(2)20(3)19-8)21-15-11(16)7-12(17)10-5-4-6-18-13(10)15/h4-7H,17H2,1-3H3. The van der Waals surface area contributed by atoms with Crippen LogP contribution >= 0.6 is 0 Å². The SMILES string of the molecule is Cc1nn(C)c(C)c1Oc1c(F)cc(N)c2cccnc12. The number of anilines is 1. The smallest absolute Gasteiger partial charge is 0.189 e. The van der Waals surface area contributed by atoms with Crippen LogP contribution < -0.4 is 10.5 Å². The summed E-state index contributed by atoms with van der Waals surface area (Å²) < 4.78 is 21.7. The number of aromatic nitrogens is 3. The molecule has 2 N–H and O–H groups in total. The fourth-order valence-electron chi connectivity index (χ4n) is 2.31. The lowest BCUT2D eigenvalue weighted by molar-refractivity contribution is 0.441. The molecule has 0 bridgehead atoms. The summed E-state index contributed by atoms with van der Waals surface area (Å²) in [5.41, 5.74) is 8.07. The third-order valence-electron chi connectivity index (χ3n) is 3.48. The van der Waals surface area contributed by atoms with Gasteiger partial charge < -0.3 is 10.5 Å². The molecule has 0 amide bonds. The van der Waals surface area contributed by atoms with Crippen LogP contribution in [0.3, 0.4) is 0 Å². The van der Waals surface area contributed by atoms with Crippen LogP contribution in [0.15, 0.2) is 24.4 Å². The van der Waals surface area contributed by atoms with Crippen LogP contribution in [0.5, 0.6) is 11.5 Å². The molecule has 2 heterocycles. The number of rotatable bonds is 2. The van der Waals surface area contributed by atoms with E-state index in [2.05, 4.69) is 10.1 Å². The lowest BCUT2D eigenvalue weighted by atomic mass is 10.1. The van der Waals surface area contributed by atoms with Crippen LogP contribution in [0, 0.1) is 19.7 Å². The number of nitrogens with zero attached hydrogens (tertiary/aromatic N) is 3. The van der Waals surface area contributed by atoms with Gasteiger partial charge in [-0.2, -0.15) is 5.10 Å². The van der Waals surface area contributed by atoms with Crippen LogP contribution in [0.1, 0.15) is 11.4 Å². The second kappa shape index (κ2) is 4.73.